The molecule has 3 heterocycles. The molecule has 0 bridgehead atoms. The molecule has 1 aliphatic heterocycles. The molecule has 0 unspecified atom stereocenters. The molecule has 0 amide bonds. The Balaban J connectivity index is 2.16. The largest absolute Gasteiger partial charge is 0.311 e. The molecule has 2 aromatic heterocycles. The van der Waals surface area contributed by atoms with Crippen LogP contribution in [0.4, 0.5) is 0 Å². The Morgan fingerprint density at radius 3 is 3.19 bits per heavy atom. The van der Waals surface area contributed by atoms with Crippen molar-refractivity contribution in [3.8, 4) is 11.4 Å². The molecule has 16 heavy (non-hydrogen) atoms. The lowest BCUT2D eigenvalue weighted by molar-refractivity contribution is 0.619. The predicted octanol–water partition coefficient (Wildman–Crippen LogP) is 1.14. The number of aromatic nitrogens is 2. The smallest absolute Gasteiger partial charge is 0.254 e. The molecule has 1 aliphatic rings. The van der Waals surface area contributed by atoms with Crippen LogP contribution in [0.25, 0.3) is 11.4 Å². The summed E-state index contributed by atoms with van der Waals surface area (Å²) in [7, 11) is 0. The molecular formula is C11H11N3OS. The second-order valence-electron chi connectivity index (χ2n) is 3.78. The second-order valence-corrected chi connectivity index (χ2v) is 4.56. The number of thiophene rings is 1. The van der Waals surface area contributed by atoms with E-state index in [2.05, 4.69) is 15.3 Å². The van der Waals surface area contributed by atoms with Gasteiger partial charge in [-0.3, -0.25) is 4.79 Å². The molecule has 0 fully saturated rings. The highest BCUT2D eigenvalue weighted by molar-refractivity contribution is 7.08. The maximum Gasteiger partial charge on any atom is 0.254 e. The van der Waals surface area contributed by atoms with Gasteiger partial charge >= 0.3 is 0 Å². The van der Waals surface area contributed by atoms with Crippen LogP contribution in [0.15, 0.2) is 21.6 Å². The van der Waals surface area contributed by atoms with Crippen LogP contribution in [0.2, 0.25) is 0 Å². The van der Waals surface area contributed by atoms with E-state index >= 15 is 0 Å². The van der Waals surface area contributed by atoms with Crippen LogP contribution in [-0.2, 0) is 13.0 Å². The van der Waals surface area contributed by atoms with Gasteiger partial charge in [0.05, 0.1) is 5.69 Å². The van der Waals surface area contributed by atoms with Gasteiger partial charge in [0.2, 0.25) is 0 Å². The van der Waals surface area contributed by atoms with E-state index in [-0.39, 0.29) is 5.56 Å². The monoisotopic (exact) mass is 233 g/mol. The molecule has 0 saturated heterocycles. The Hall–Kier alpha value is -1.46. The van der Waals surface area contributed by atoms with Crippen molar-refractivity contribution in [2.45, 2.75) is 13.0 Å². The molecule has 0 saturated carbocycles. The maximum absolute atomic E-state index is 11.9. The van der Waals surface area contributed by atoms with Crippen LogP contribution in [0.3, 0.4) is 0 Å². The van der Waals surface area contributed by atoms with E-state index in [9.17, 15) is 4.79 Å². The molecule has 4 nitrogen and oxygen atoms in total. The highest BCUT2D eigenvalue weighted by Gasteiger charge is 2.15. The highest BCUT2D eigenvalue weighted by Crippen LogP contribution is 2.18. The van der Waals surface area contributed by atoms with E-state index < -0.39 is 0 Å². The van der Waals surface area contributed by atoms with Gasteiger partial charge in [-0.05, 0) is 24.4 Å². The molecule has 0 aliphatic carbocycles. The molecule has 0 spiro atoms. The summed E-state index contributed by atoms with van der Waals surface area (Å²) in [6, 6.07) is 1.96. The van der Waals surface area contributed by atoms with Crippen molar-refractivity contribution in [1.29, 1.82) is 0 Å². The van der Waals surface area contributed by atoms with Crippen LogP contribution in [0, 0.1) is 0 Å². The third-order valence-electron chi connectivity index (χ3n) is 2.74. The van der Waals surface area contributed by atoms with Gasteiger partial charge in [-0.2, -0.15) is 11.3 Å². The van der Waals surface area contributed by atoms with Crippen molar-refractivity contribution < 1.29 is 0 Å². The van der Waals surface area contributed by atoms with Crippen molar-refractivity contribution in [3.05, 3.63) is 38.4 Å². The van der Waals surface area contributed by atoms with Gasteiger partial charge in [-0.1, -0.05) is 0 Å². The first kappa shape index (κ1) is 9.74. The fourth-order valence-electron chi connectivity index (χ4n) is 1.90. The summed E-state index contributed by atoms with van der Waals surface area (Å²) < 4.78 is 0. The molecule has 82 valence electrons. The average molecular weight is 233 g/mol. The second kappa shape index (κ2) is 3.84. The normalized spacial score (nSPS) is 14.8. The number of H-pyrrole nitrogens is 1. The molecule has 5 heteroatoms. The Bertz CT molecular complexity index is 559. The van der Waals surface area contributed by atoms with Gasteiger partial charge in [0.1, 0.15) is 5.82 Å². The van der Waals surface area contributed by atoms with Crippen molar-refractivity contribution in [2.75, 3.05) is 6.54 Å². The number of nitrogens with zero attached hydrogens (tertiary/aromatic N) is 1. The van der Waals surface area contributed by atoms with E-state index in [0.29, 0.717) is 12.4 Å². The maximum atomic E-state index is 11.9. The van der Waals surface area contributed by atoms with Crippen LogP contribution in [0.1, 0.15) is 11.3 Å². The number of rotatable bonds is 1. The van der Waals surface area contributed by atoms with Crippen molar-refractivity contribution in [2.24, 2.45) is 0 Å². The molecule has 2 aromatic rings. The summed E-state index contributed by atoms with van der Waals surface area (Å²) in [5.41, 5.74) is 2.71. The topological polar surface area (TPSA) is 57.8 Å². The zero-order valence-electron chi connectivity index (χ0n) is 8.62. The number of hydrogen-bond acceptors (Lipinski definition) is 4. The lowest BCUT2D eigenvalue weighted by Crippen LogP contribution is -2.31. The van der Waals surface area contributed by atoms with E-state index in [1.165, 1.54) is 0 Å². The summed E-state index contributed by atoms with van der Waals surface area (Å²) in [5, 5.41) is 7.19. The van der Waals surface area contributed by atoms with Gasteiger partial charge in [0.25, 0.3) is 5.56 Å². The number of aromatic amines is 1. The minimum absolute atomic E-state index is 0.00713. The van der Waals surface area contributed by atoms with Gasteiger partial charge < -0.3 is 10.3 Å². The standard InChI is InChI=1S/C11H11N3OS/c15-11-8-1-3-12-5-9(8)13-10(14-11)7-2-4-16-6-7/h2,4,6,12H,1,3,5H2,(H,13,14,15). The number of nitrogens with one attached hydrogen (secondary N) is 2. The first-order valence-corrected chi connectivity index (χ1v) is 6.14. The Labute approximate surface area is 96.4 Å². The first-order valence-electron chi connectivity index (χ1n) is 5.20. The minimum Gasteiger partial charge on any atom is -0.311 e. The molecule has 0 atom stereocenters. The summed E-state index contributed by atoms with van der Waals surface area (Å²) in [5.74, 6) is 0.675. The van der Waals surface area contributed by atoms with Gasteiger partial charge in [0.15, 0.2) is 0 Å². The quantitative estimate of drug-likeness (QED) is 0.776. The van der Waals surface area contributed by atoms with Gasteiger partial charge in [-0.25, -0.2) is 4.98 Å². The van der Waals surface area contributed by atoms with E-state index in [1.807, 2.05) is 16.8 Å². The van der Waals surface area contributed by atoms with E-state index in [1.54, 1.807) is 11.3 Å². The van der Waals surface area contributed by atoms with E-state index in [0.717, 1.165) is 29.8 Å². The first-order chi connectivity index (χ1) is 7.84. The summed E-state index contributed by atoms with van der Waals surface area (Å²) in [4.78, 5) is 19.2. The fourth-order valence-corrected chi connectivity index (χ4v) is 2.55. The molecule has 2 N–H and O–H groups in total. The van der Waals surface area contributed by atoms with Crippen LogP contribution < -0.4 is 10.9 Å². The van der Waals surface area contributed by atoms with Crippen molar-refractivity contribution >= 4 is 11.3 Å². The Morgan fingerprint density at radius 2 is 2.38 bits per heavy atom. The van der Waals surface area contributed by atoms with Gasteiger partial charge in [-0.15, -0.1) is 0 Å². The molecule has 3 rings (SSSR count). The summed E-state index contributed by atoms with van der Waals surface area (Å²) in [6.07, 6.45) is 0.765. The van der Waals surface area contributed by atoms with Crippen LogP contribution in [-0.4, -0.2) is 16.5 Å². The van der Waals surface area contributed by atoms with Crippen LogP contribution in [0.5, 0.6) is 0 Å². The molecule has 0 aromatic carbocycles. The molecular weight excluding hydrogens is 222 g/mol. The third-order valence-corrected chi connectivity index (χ3v) is 3.42. The highest BCUT2D eigenvalue weighted by atomic mass is 32.1. The lowest BCUT2D eigenvalue weighted by Gasteiger charge is -2.15. The Kier molecular flexibility index (Phi) is 2.34. The lowest BCUT2D eigenvalue weighted by atomic mass is 10.1. The van der Waals surface area contributed by atoms with E-state index in [4.69, 9.17) is 0 Å². The Morgan fingerprint density at radius 1 is 1.44 bits per heavy atom. The molecule has 0 radical (unpaired) electrons. The van der Waals surface area contributed by atoms with Gasteiger partial charge in [0, 0.05) is 23.1 Å². The fraction of sp³-hybridized carbons (Fsp3) is 0.273. The van der Waals surface area contributed by atoms with Crippen LogP contribution >= 0.6 is 11.3 Å². The van der Waals surface area contributed by atoms with Crippen molar-refractivity contribution in [3.63, 3.8) is 0 Å². The predicted molar refractivity (Wildman–Crippen MR) is 63.6 cm³/mol. The zero-order chi connectivity index (χ0) is 11.0. The minimum atomic E-state index is 0.00713. The summed E-state index contributed by atoms with van der Waals surface area (Å²) in [6.45, 7) is 1.55. The average Bonchev–Trinajstić information content (AvgIpc) is 2.82. The number of fused-ring (bicyclic) bond motifs is 1. The number of hydrogen-bond donors (Lipinski definition) is 2. The zero-order valence-corrected chi connectivity index (χ0v) is 9.43. The SMILES string of the molecule is O=c1[nH]c(-c2ccsc2)nc2c1CCNC2. The van der Waals surface area contributed by atoms with Crippen molar-refractivity contribution in [1.82, 2.24) is 15.3 Å². The third kappa shape index (κ3) is 1.58. The summed E-state index contributed by atoms with van der Waals surface area (Å²) >= 11 is 1.60.